The lowest BCUT2D eigenvalue weighted by molar-refractivity contribution is 0.00907. The normalized spacial score (nSPS) is 21.4. The van der Waals surface area contributed by atoms with Crippen molar-refractivity contribution in [3.63, 3.8) is 0 Å². The van der Waals surface area contributed by atoms with Crippen molar-refractivity contribution in [2.24, 2.45) is 5.73 Å². The van der Waals surface area contributed by atoms with E-state index < -0.39 is 17.7 Å². The maximum Gasteiger partial charge on any atom is 0.137 e. The van der Waals surface area contributed by atoms with E-state index in [1.807, 2.05) is 0 Å². The summed E-state index contributed by atoms with van der Waals surface area (Å²) in [5, 5.41) is 0. The Balaban J connectivity index is 1.95. The second-order valence-corrected chi connectivity index (χ2v) is 5.81. The molecule has 1 fully saturated rings. The smallest absolute Gasteiger partial charge is 0.137 e. The Morgan fingerprint density at radius 3 is 2.79 bits per heavy atom. The van der Waals surface area contributed by atoms with Gasteiger partial charge >= 0.3 is 0 Å². The minimum atomic E-state index is -0.492. The third-order valence-corrected chi connectivity index (χ3v) is 4.12. The zero-order valence-electron chi connectivity index (χ0n) is 10.7. The molecule has 2 N–H and O–H groups in total. The van der Waals surface area contributed by atoms with Gasteiger partial charge in [-0.15, -0.1) is 0 Å². The number of halogens is 3. The molecule has 1 aliphatic rings. The van der Waals surface area contributed by atoms with Gasteiger partial charge in [0, 0.05) is 18.2 Å². The minimum absolute atomic E-state index is 0.122. The van der Waals surface area contributed by atoms with E-state index in [0.717, 1.165) is 31.9 Å². The molecule has 0 spiro atoms. The summed E-state index contributed by atoms with van der Waals surface area (Å²) < 4.78 is 32.9. The van der Waals surface area contributed by atoms with Crippen molar-refractivity contribution in [2.45, 2.75) is 44.2 Å². The van der Waals surface area contributed by atoms with Gasteiger partial charge in [0.05, 0.1) is 10.6 Å². The lowest BCUT2D eigenvalue weighted by Gasteiger charge is -2.24. The monoisotopic (exact) mass is 333 g/mol. The van der Waals surface area contributed by atoms with Crippen LogP contribution in [-0.2, 0) is 4.74 Å². The summed E-state index contributed by atoms with van der Waals surface area (Å²) in [6, 6.07) is 1.81. The van der Waals surface area contributed by atoms with Crippen molar-refractivity contribution in [1.29, 1.82) is 0 Å². The summed E-state index contributed by atoms with van der Waals surface area (Å²) >= 11 is 2.96. The Morgan fingerprint density at radius 2 is 2.11 bits per heavy atom. The lowest BCUT2D eigenvalue weighted by atomic mass is 9.97. The molecular formula is C14H18BrF2NO. The van der Waals surface area contributed by atoms with Gasteiger partial charge in [0.15, 0.2) is 0 Å². The van der Waals surface area contributed by atoms with Crippen LogP contribution in [0.2, 0.25) is 0 Å². The second kappa shape index (κ2) is 6.77. The number of ether oxygens (including phenoxy) is 1. The largest absolute Gasteiger partial charge is 0.378 e. The highest BCUT2D eigenvalue weighted by Gasteiger charge is 2.18. The van der Waals surface area contributed by atoms with Crippen molar-refractivity contribution in [1.82, 2.24) is 0 Å². The highest BCUT2D eigenvalue weighted by Crippen LogP contribution is 2.27. The van der Waals surface area contributed by atoms with E-state index in [1.54, 1.807) is 0 Å². The van der Waals surface area contributed by atoms with Gasteiger partial charge in [-0.1, -0.05) is 0 Å². The van der Waals surface area contributed by atoms with Gasteiger partial charge < -0.3 is 10.5 Å². The first-order valence-corrected chi connectivity index (χ1v) is 7.39. The van der Waals surface area contributed by atoms with Crippen LogP contribution in [0.1, 0.15) is 43.7 Å². The van der Waals surface area contributed by atoms with E-state index in [9.17, 15) is 8.78 Å². The van der Waals surface area contributed by atoms with Crippen molar-refractivity contribution < 1.29 is 13.5 Å². The molecule has 2 unspecified atom stereocenters. The fourth-order valence-electron chi connectivity index (χ4n) is 2.38. The van der Waals surface area contributed by atoms with Crippen molar-refractivity contribution in [3.05, 3.63) is 33.8 Å². The summed E-state index contributed by atoms with van der Waals surface area (Å²) in [6.07, 6.45) is 4.91. The van der Waals surface area contributed by atoms with Crippen LogP contribution in [0, 0.1) is 11.6 Å². The molecule has 2 nitrogen and oxygen atoms in total. The average molecular weight is 334 g/mol. The molecule has 1 saturated heterocycles. The zero-order chi connectivity index (χ0) is 13.8. The van der Waals surface area contributed by atoms with Crippen LogP contribution < -0.4 is 5.73 Å². The number of hydrogen-bond acceptors (Lipinski definition) is 2. The topological polar surface area (TPSA) is 35.2 Å². The summed E-state index contributed by atoms with van der Waals surface area (Å²) in [5.41, 5.74) is 6.19. The van der Waals surface area contributed by atoms with E-state index in [0.29, 0.717) is 6.42 Å². The van der Waals surface area contributed by atoms with Gasteiger partial charge in [0.2, 0.25) is 0 Å². The summed E-state index contributed by atoms with van der Waals surface area (Å²) in [6.45, 7) is 0.793. The van der Waals surface area contributed by atoms with Gasteiger partial charge in [-0.05, 0) is 60.2 Å². The predicted octanol–water partition coefficient (Wildman–Crippen LogP) is 4.08. The Labute approximate surface area is 120 Å². The Bertz CT molecular complexity index is 436. The molecule has 19 heavy (non-hydrogen) atoms. The molecular weight excluding hydrogens is 316 g/mol. The van der Waals surface area contributed by atoms with E-state index in [1.165, 1.54) is 12.5 Å². The Hall–Kier alpha value is -0.520. The molecule has 1 aliphatic heterocycles. The van der Waals surface area contributed by atoms with Crippen molar-refractivity contribution in [2.75, 3.05) is 6.61 Å². The molecule has 0 amide bonds. The van der Waals surface area contributed by atoms with E-state index in [4.69, 9.17) is 10.5 Å². The van der Waals surface area contributed by atoms with Crippen LogP contribution in [0.3, 0.4) is 0 Å². The van der Waals surface area contributed by atoms with Crippen LogP contribution in [0.5, 0.6) is 0 Å². The molecule has 0 radical (unpaired) electrons. The third-order valence-electron chi connectivity index (χ3n) is 3.51. The number of rotatable bonds is 4. The first-order chi connectivity index (χ1) is 9.08. The molecule has 1 aromatic carbocycles. The van der Waals surface area contributed by atoms with Gasteiger partial charge in [0.1, 0.15) is 11.6 Å². The van der Waals surface area contributed by atoms with Gasteiger partial charge in [0.25, 0.3) is 0 Å². The van der Waals surface area contributed by atoms with E-state index in [2.05, 4.69) is 15.9 Å². The van der Waals surface area contributed by atoms with Crippen molar-refractivity contribution in [3.8, 4) is 0 Å². The molecule has 2 rings (SSSR count). The molecule has 1 aromatic rings. The molecule has 2 atom stereocenters. The van der Waals surface area contributed by atoms with Crippen LogP contribution in [0.15, 0.2) is 16.6 Å². The molecule has 0 aliphatic carbocycles. The molecule has 1 heterocycles. The standard InChI is InChI=1S/C14H18BrF2NO/c15-11-8-12(16)10(7-13(11)17)14(18)5-4-9-3-1-2-6-19-9/h7-9,14H,1-6,18H2. The Morgan fingerprint density at radius 1 is 1.32 bits per heavy atom. The third kappa shape index (κ3) is 3.97. The van der Waals surface area contributed by atoms with Gasteiger partial charge in [-0.3, -0.25) is 0 Å². The first-order valence-electron chi connectivity index (χ1n) is 6.59. The maximum absolute atomic E-state index is 13.7. The zero-order valence-corrected chi connectivity index (χ0v) is 12.3. The summed E-state index contributed by atoms with van der Waals surface area (Å²) in [5.74, 6) is -0.953. The quantitative estimate of drug-likeness (QED) is 0.842. The molecule has 0 aromatic heterocycles. The van der Waals surface area contributed by atoms with Crippen LogP contribution in [0.4, 0.5) is 8.78 Å². The summed E-state index contributed by atoms with van der Waals surface area (Å²) in [7, 11) is 0. The highest BCUT2D eigenvalue weighted by molar-refractivity contribution is 9.10. The van der Waals surface area contributed by atoms with Gasteiger partial charge in [-0.25, -0.2) is 8.78 Å². The minimum Gasteiger partial charge on any atom is -0.378 e. The fraction of sp³-hybridized carbons (Fsp3) is 0.571. The average Bonchev–Trinajstić information content (AvgIpc) is 2.41. The van der Waals surface area contributed by atoms with Crippen molar-refractivity contribution >= 4 is 15.9 Å². The Kier molecular flexibility index (Phi) is 5.30. The fourth-order valence-corrected chi connectivity index (χ4v) is 2.69. The van der Waals surface area contributed by atoms with Gasteiger partial charge in [-0.2, -0.15) is 0 Å². The number of benzene rings is 1. The van der Waals surface area contributed by atoms with Crippen LogP contribution >= 0.6 is 15.9 Å². The molecule has 106 valence electrons. The number of nitrogens with two attached hydrogens (primary N) is 1. The second-order valence-electron chi connectivity index (χ2n) is 4.96. The molecule has 0 bridgehead atoms. The predicted molar refractivity (Wildman–Crippen MR) is 73.8 cm³/mol. The van der Waals surface area contributed by atoms with E-state index >= 15 is 0 Å². The van der Waals surface area contributed by atoms with Crippen LogP contribution in [-0.4, -0.2) is 12.7 Å². The SMILES string of the molecule is NC(CCC1CCCCO1)c1cc(F)c(Br)cc1F. The molecule has 0 saturated carbocycles. The van der Waals surface area contributed by atoms with Crippen LogP contribution in [0.25, 0.3) is 0 Å². The number of hydrogen-bond donors (Lipinski definition) is 1. The summed E-state index contributed by atoms with van der Waals surface area (Å²) in [4.78, 5) is 0. The molecule has 5 heteroatoms. The highest BCUT2D eigenvalue weighted by atomic mass is 79.9. The maximum atomic E-state index is 13.7. The lowest BCUT2D eigenvalue weighted by Crippen LogP contribution is -2.21. The van der Waals surface area contributed by atoms with E-state index in [-0.39, 0.29) is 16.1 Å². The first kappa shape index (κ1) is 14.9.